The van der Waals surface area contributed by atoms with E-state index in [1.807, 2.05) is 0 Å². The third-order valence-electron chi connectivity index (χ3n) is 2.35. The molecule has 0 aliphatic rings. The lowest BCUT2D eigenvalue weighted by atomic mass is 9.95. The summed E-state index contributed by atoms with van der Waals surface area (Å²) in [6.07, 6.45) is 0.966. The maximum atomic E-state index is 12.3. The lowest BCUT2D eigenvalue weighted by Crippen LogP contribution is -2.31. The van der Waals surface area contributed by atoms with E-state index in [-0.39, 0.29) is 6.54 Å². The van der Waals surface area contributed by atoms with Crippen LogP contribution in [0.2, 0.25) is 0 Å². The maximum absolute atomic E-state index is 12.3. The van der Waals surface area contributed by atoms with Crippen molar-refractivity contribution in [1.29, 1.82) is 0 Å². The van der Waals surface area contributed by atoms with Gasteiger partial charge in [0.1, 0.15) is 0 Å². The molecule has 0 saturated heterocycles. The van der Waals surface area contributed by atoms with Gasteiger partial charge in [-0.15, -0.1) is 0 Å². The Morgan fingerprint density at radius 2 is 1.77 bits per heavy atom. The SMILES string of the molecule is CC(C)C(C)CCNCC(C)(F)F. The summed E-state index contributed by atoms with van der Waals surface area (Å²) in [5.74, 6) is -1.36. The summed E-state index contributed by atoms with van der Waals surface area (Å²) in [6, 6.07) is 0. The number of alkyl halides is 2. The van der Waals surface area contributed by atoms with Crippen molar-refractivity contribution in [2.24, 2.45) is 11.8 Å². The molecule has 0 aromatic heterocycles. The minimum atomic E-state index is -2.58. The second kappa shape index (κ2) is 5.53. The molecule has 0 aliphatic heterocycles. The molecule has 1 nitrogen and oxygen atoms in total. The first-order valence-corrected chi connectivity index (χ1v) is 4.91. The van der Waals surface area contributed by atoms with Gasteiger partial charge in [0.15, 0.2) is 0 Å². The van der Waals surface area contributed by atoms with Crippen LogP contribution in [0, 0.1) is 11.8 Å². The van der Waals surface area contributed by atoms with Gasteiger partial charge >= 0.3 is 0 Å². The van der Waals surface area contributed by atoms with Crippen molar-refractivity contribution in [2.45, 2.75) is 40.0 Å². The van der Waals surface area contributed by atoms with Crippen molar-refractivity contribution in [2.75, 3.05) is 13.1 Å². The molecule has 0 spiro atoms. The van der Waals surface area contributed by atoms with Crippen LogP contribution in [0.3, 0.4) is 0 Å². The van der Waals surface area contributed by atoms with Crippen molar-refractivity contribution in [1.82, 2.24) is 5.32 Å². The molecule has 1 atom stereocenters. The van der Waals surface area contributed by atoms with Gasteiger partial charge in [-0.3, -0.25) is 0 Å². The van der Waals surface area contributed by atoms with E-state index in [1.54, 1.807) is 0 Å². The molecule has 0 amide bonds. The number of hydrogen-bond donors (Lipinski definition) is 1. The summed E-state index contributed by atoms with van der Waals surface area (Å²) >= 11 is 0. The first-order chi connectivity index (χ1) is 5.83. The van der Waals surface area contributed by atoms with Gasteiger partial charge in [-0.2, -0.15) is 0 Å². The molecule has 0 radical (unpaired) electrons. The molecule has 80 valence electrons. The normalized spacial score (nSPS) is 15.0. The average Bonchev–Trinajstić information content (AvgIpc) is 1.95. The predicted octanol–water partition coefficient (Wildman–Crippen LogP) is 2.91. The van der Waals surface area contributed by atoms with Gasteiger partial charge in [0.25, 0.3) is 5.92 Å². The number of nitrogens with one attached hydrogen (secondary N) is 1. The minimum Gasteiger partial charge on any atom is -0.311 e. The standard InChI is InChI=1S/C10H21F2N/c1-8(2)9(3)5-6-13-7-10(4,11)12/h8-9,13H,5-7H2,1-4H3. The smallest absolute Gasteiger partial charge is 0.257 e. The van der Waals surface area contributed by atoms with E-state index in [0.717, 1.165) is 13.3 Å². The first-order valence-electron chi connectivity index (χ1n) is 4.91. The zero-order valence-corrected chi connectivity index (χ0v) is 9.03. The fourth-order valence-electron chi connectivity index (χ4n) is 0.971. The summed E-state index contributed by atoms with van der Waals surface area (Å²) in [7, 11) is 0. The molecular weight excluding hydrogens is 172 g/mol. The van der Waals surface area contributed by atoms with E-state index in [1.165, 1.54) is 0 Å². The van der Waals surface area contributed by atoms with Crippen molar-refractivity contribution >= 4 is 0 Å². The van der Waals surface area contributed by atoms with Crippen LogP contribution in [0.25, 0.3) is 0 Å². The number of rotatable bonds is 6. The van der Waals surface area contributed by atoms with Crippen LogP contribution in [0.5, 0.6) is 0 Å². The van der Waals surface area contributed by atoms with Crippen molar-refractivity contribution < 1.29 is 8.78 Å². The number of halogens is 2. The zero-order valence-electron chi connectivity index (χ0n) is 9.03. The average molecular weight is 193 g/mol. The molecule has 0 bridgehead atoms. The molecule has 0 aromatic carbocycles. The summed E-state index contributed by atoms with van der Waals surface area (Å²) in [5.41, 5.74) is 0. The highest BCUT2D eigenvalue weighted by atomic mass is 19.3. The fraction of sp³-hybridized carbons (Fsp3) is 1.00. The third-order valence-corrected chi connectivity index (χ3v) is 2.35. The molecule has 0 heterocycles. The fourth-order valence-corrected chi connectivity index (χ4v) is 0.971. The van der Waals surface area contributed by atoms with E-state index in [2.05, 4.69) is 26.1 Å². The third kappa shape index (κ3) is 8.16. The Morgan fingerprint density at radius 3 is 2.15 bits per heavy atom. The zero-order chi connectivity index (χ0) is 10.5. The highest BCUT2D eigenvalue weighted by molar-refractivity contribution is 4.64. The van der Waals surface area contributed by atoms with E-state index in [4.69, 9.17) is 0 Å². The van der Waals surface area contributed by atoms with Crippen molar-refractivity contribution in [3.8, 4) is 0 Å². The van der Waals surface area contributed by atoms with Crippen LogP contribution in [-0.2, 0) is 0 Å². The molecule has 0 saturated carbocycles. The van der Waals surface area contributed by atoms with Crippen LogP contribution in [0.15, 0.2) is 0 Å². The van der Waals surface area contributed by atoms with E-state index in [0.29, 0.717) is 18.4 Å². The minimum absolute atomic E-state index is 0.211. The van der Waals surface area contributed by atoms with Gasteiger partial charge in [-0.05, 0) is 24.8 Å². The van der Waals surface area contributed by atoms with Crippen LogP contribution in [0.1, 0.15) is 34.1 Å². The van der Waals surface area contributed by atoms with E-state index >= 15 is 0 Å². The Balaban J connectivity index is 3.36. The molecule has 1 N–H and O–H groups in total. The first kappa shape index (κ1) is 12.8. The Morgan fingerprint density at radius 1 is 1.23 bits per heavy atom. The lowest BCUT2D eigenvalue weighted by molar-refractivity contribution is 0.0225. The van der Waals surface area contributed by atoms with Crippen LogP contribution >= 0.6 is 0 Å². The Labute approximate surface area is 79.9 Å². The molecule has 0 aliphatic carbocycles. The molecule has 13 heavy (non-hydrogen) atoms. The second-order valence-corrected chi connectivity index (χ2v) is 4.26. The van der Waals surface area contributed by atoms with Crippen molar-refractivity contribution in [3.05, 3.63) is 0 Å². The summed E-state index contributed by atoms with van der Waals surface area (Å²) in [6.45, 7) is 7.86. The van der Waals surface area contributed by atoms with Gasteiger partial charge in [-0.1, -0.05) is 20.8 Å². The highest BCUT2D eigenvalue weighted by Gasteiger charge is 2.19. The summed E-state index contributed by atoms with van der Waals surface area (Å²) < 4.78 is 24.7. The Kier molecular flexibility index (Phi) is 5.45. The van der Waals surface area contributed by atoms with Gasteiger partial charge in [0.2, 0.25) is 0 Å². The molecule has 3 heteroatoms. The molecule has 1 unspecified atom stereocenters. The topological polar surface area (TPSA) is 12.0 Å². The summed E-state index contributed by atoms with van der Waals surface area (Å²) in [5, 5.41) is 2.76. The Bertz CT molecular complexity index is 129. The van der Waals surface area contributed by atoms with E-state index in [9.17, 15) is 8.78 Å². The van der Waals surface area contributed by atoms with Crippen LogP contribution < -0.4 is 5.32 Å². The second-order valence-electron chi connectivity index (χ2n) is 4.26. The molecule has 0 fully saturated rings. The largest absolute Gasteiger partial charge is 0.311 e. The number of hydrogen-bond acceptors (Lipinski definition) is 1. The lowest BCUT2D eigenvalue weighted by Gasteiger charge is -2.16. The monoisotopic (exact) mass is 193 g/mol. The molecule has 0 aromatic rings. The quantitative estimate of drug-likeness (QED) is 0.639. The van der Waals surface area contributed by atoms with Crippen LogP contribution in [0.4, 0.5) is 8.78 Å². The van der Waals surface area contributed by atoms with Gasteiger partial charge < -0.3 is 5.32 Å². The van der Waals surface area contributed by atoms with Crippen molar-refractivity contribution in [3.63, 3.8) is 0 Å². The summed E-state index contributed by atoms with van der Waals surface area (Å²) in [4.78, 5) is 0. The predicted molar refractivity (Wildman–Crippen MR) is 52.1 cm³/mol. The van der Waals surface area contributed by atoms with Gasteiger partial charge in [0.05, 0.1) is 6.54 Å². The maximum Gasteiger partial charge on any atom is 0.257 e. The Hall–Kier alpha value is -0.180. The highest BCUT2D eigenvalue weighted by Crippen LogP contribution is 2.13. The van der Waals surface area contributed by atoms with Gasteiger partial charge in [-0.25, -0.2) is 8.78 Å². The van der Waals surface area contributed by atoms with Gasteiger partial charge in [0, 0.05) is 6.92 Å². The molecular formula is C10H21F2N. The van der Waals surface area contributed by atoms with E-state index < -0.39 is 5.92 Å². The van der Waals surface area contributed by atoms with Crippen LogP contribution in [-0.4, -0.2) is 19.0 Å². The molecule has 0 rings (SSSR count).